The molecule has 0 unspecified atom stereocenters. The molecular weight excluding hydrogens is 863 g/mol. The summed E-state index contributed by atoms with van der Waals surface area (Å²) in [6.45, 7) is 0. The Morgan fingerprint density at radius 3 is 1.29 bits per heavy atom. The van der Waals surface area contributed by atoms with Gasteiger partial charge in [0.25, 0.3) is 0 Å². The third-order valence-electron chi connectivity index (χ3n) is 14.8. The summed E-state index contributed by atoms with van der Waals surface area (Å²) in [4.78, 5) is 0. The van der Waals surface area contributed by atoms with E-state index in [9.17, 15) is 0 Å². The maximum atomic E-state index is 2.51. The highest BCUT2D eigenvalue weighted by Crippen LogP contribution is 2.42. The molecule has 3 nitrogen and oxygen atoms in total. The van der Waals surface area contributed by atoms with Crippen LogP contribution >= 0.6 is 0 Å². The molecule has 0 aliphatic rings. The van der Waals surface area contributed by atoms with Crippen LogP contribution in [-0.2, 0) is 0 Å². The molecule has 0 amide bonds. The Labute approximate surface area is 407 Å². The Hall–Kier alpha value is -8.96. The molecule has 70 heavy (non-hydrogen) atoms. The van der Waals surface area contributed by atoms with Gasteiger partial charge in [0, 0.05) is 54.9 Å². The molecule has 0 radical (unpaired) electrons. The van der Waals surface area contributed by atoms with Gasteiger partial charge in [-0.1, -0.05) is 206 Å². The van der Waals surface area contributed by atoms with Gasteiger partial charge in [-0.15, -0.1) is 0 Å². The number of rotatable bonds is 8. The van der Waals surface area contributed by atoms with Crippen LogP contribution in [0.15, 0.2) is 273 Å². The molecule has 0 aliphatic carbocycles. The van der Waals surface area contributed by atoms with Crippen LogP contribution in [0, 0.1) is 0 Å². The Bertz CT molecular complexity index is 4180. The van der Waals surface area contributed by atoms with Crippen molar-refractivity contribution in [1.82, 2.24) is 13.7 Å². The average Bonchev–Trinajstić information content (AvgIpc) is 4.08. The molecule has 0 atom stereocenters. The predicted octanol–water partition coefficient (Wildman–Crippen LogP) is 14.0. The van der Waals surface area contributed by atoms with E-state index >= 15 is 0 Å². The van der Waals surface area contributed by atoms with Gasteiger partial charge in [-0.2, -0.15) is 0 Å². The smallest absolute Gasteiger partial charge is 0.179 e. The van der Waals surface area contributed by atoms with Gasteiger partial charge in [-0.25, -0.2) is 0 Å². The average molecular weight is 908 g/mol. The normalized spacial score (nSPS) is 12.0. The van der Waals surface area contributed by atoms with Crippen LogP contribution < -0.4 is 20.7 Å². The first-order valence-corrected chi connectivity index (χ1v) is 26.2. The van der Waals surface area contributed by atoms with Crippen molar-refractivity contribution in [3.05, 3.63) is 273 Å². The van der Waals surface area contributed by atoms with E-state index in [1.807, 2.05) is 0 Å². The Morgan fingerprint density at radius 2 is 0.657 bits per heavy atom. The van der Waals surface area contributed by atoms with Gasteiger partial charge >= 0.3 is 0 Å². The molecule has 14 rings (SSSR count). The SMILES string of the molecule is c1ccc(-n2c3ccccc3c3cc(-c4cccc5c6ccccc6n(-c6ccc7c8ccccc8n(-c8cccc([Si](c9ccccc9)(c9ccccc9)c9ccccc9)c8)c7c6)c45)ccc32)cc1. The van der Waals surface area contributed by atoms with Crippen molar-refractivity contribution >= 4 is 94.2 Å². The van der Waals surface area contributed by atoms with Crippen molar-refractivity contribution in [1.29, 1.82) is 0 Å². The minimum absolute atomic E-state index is 1.12. The number of hydrogen-bond acceptors (Lipinski definition) is 0. The van der Waals surface area contributed by atoms with Crippen molar-refractivity contribution in [2.24, 2.45) is 0 Å². The zero-order valence-electron chi connectivity index (χ0n) is 38.3. The summed E-state index contributed by atoms with van der Waals surface area (Å²) in [6.07, 6.45) is 0. The first kappa shape index (κ1) is 40.1. The van der Waals surface area contributed by atoms with Crippen LogP contribution in [0.4, 0.5) is 0 Å². The fourth-order valence-electron chi connectivity index (χ4n) is 11.8. The highest BCUT2D eigenvalue weighted by atomic mass is 28.3. The lowest BCUT2D eigenvalue weighted by Crippen LogP contribution is -2.74. The van der Waals surface area contributed by atoms with E-state index in [0.717, 1.165) is 17.1 Å². The summed E-state index contributed by atoms with van der Waals surface area (Å²) >= 11 is 0. The van der Waals surface area contributed by atoms with Gasteiger partial charge in [-0.3, -0.25) is 0 Å². The molecule has 11 aromatic carbocycles. The quantitative estimate of drug-likeness (QED) is 0.107. The van der Waals surface area contributed by atoms with E-state index in [1.54, 1.807) is 0 Å². The Balaban J connectivity index is 1.01. The second kappa shape index (κ2) is 16.1. The molecule has 0 fully saturated rings. The summed E-state index contributed by atoms with van der Waals surface area (Å²) in [5.41, 5.74) is 12.9. The summed E-state index contributed by atoms with van der Waals surface area (Å²) < 4.78 is 7.40. The number of nitrogens with zero attached hydrogens (tertiary/aromatic N) is 3. The summed E-state index contributed by atoms with van der Waals surface area (Å²) in [7, 11) is -2.80. The monoisotopic (exact) mass is 907 g/mol. The van der Waals surface area contributed by atoms with E-state index < -0.39 is 8.07 Å². The molecule has 3 heterocycles. The lowest BCUT2D eigenvalue weighted by Gasteiger charge is -2.34. The van der Waals surface area contributed by atoms with Crippen LogP contribution in [0.25, 0.3) is 93.6 Å². The lowest BCUT2D eigenvalue weighted by molar-refractivity contribution is 1.16. The highest BCUT2D eigenvalue weighted by molar-refractivity contribution is 7.19. The van der Waals surface area contributed by atoms with Gasteiger partial charge in [0.15, 0.2) is 8.07 Å². The largest absolute Gasteiger partial charge is 0.309 e. The standard InChI is InChI=1S/C66H45N3Si/c1-5-21-47(22-6-1)67-62-37-17-15-33-57(62)60-43-46(39-42-64(60)67)54-34-20-35-59-56-32-14-18-38-63(56)69(66(54)59)49-40-41-58-55-31-13-16-36-61(55)68(65(58)45-49)48-23-19-30-53(44-48)70(50-24-7-2-8-25-50,51-26-9-3-10-27-51)52-28-11-4-12-29-52/h1-45H. The number of para-hydroxylation sites is 5. The zero-order chi connectivity index (χ0) is 46.2. The van der Waals surface area contributed by atoms with Gasteiger partial charge in [-0.05, 0) is 93.0 Å². The summed E-state index contributed by atoms with van der Waals surface area (Å²) in [6, 6.07) is 101. The number of fused-ring (bicyclic) bond motifs is 9. The second-order valence-electron chi connectivity index (χ2n) is 18.4. The molecule has 0 spiro atoms. The fraction of sp³-hybridized carbons (Fsp3) is 0. The van der Waals surface area contributed by atoms with Gasteiger partial charge < -0.3 is 13.7 Å². The molecule has 4 heteroatoms. The molecule has 0 N–H and O–H groups in total. The molecule has 3 aromatic heterocycles. The van der Waals surface area contributed by atoms with E-state index in [0.29, 0.717) is 0 Å². The predicted molar refractivity (Wildman–Crippen MR) is 299 cm³/mol. The van der Waals surface area contributed by atoms with Crippen LogP contribution in [0.2, 0.25) is 0 Å². The van der Waals surface area contributed by atoms with E-state index in [2.05, 4.69) is 287 Å². The fourth-order valence-corrected chi connectivity index (χ4v) is 16.6. The minimum Gasteiger partial charge on any atom is -0.309 e. The topological polar surface area (TPSA) is 14.8 Å². The van der Waals surface area contributed by atoms with Crippen molar-refractivity contribution in [3.8, 4) is 28.2 Å². The highest BCUT2D eigenvalue weighted by Gasteiger charge is 2.41. The van der Waals surface area contributed by atoms with Crippen LogP contribution in [0.1, 0.15) is 0 Å². The Kier molecular flexibility index (Phi) is 9.23. The van der Waals surface area contributed by atoms with Crippen molar-refractivity contribution < 1.29 is 0 Å². The van der Waals surface area contributed by atoms with Crippen molar-refractivity contribution in [2.75, 3.05) is 0 Å². The zero-order valence-corrected chi connectivity index (χ0v) is 39.3. The molecule has 0 saturated heterocycles. The summed E-state index contributed by atoms with van der Waals surface area (Å²) in [5.74, 6) is 0. The first-order chi connectivity index (χ1) is 34.8. The molecule has 0 bridgehead atoms. The maximum absolute atomic E-state index is 2.80. The number of benzene rings is 11. The molecular formula is C66H45N3Si. The van der Waals surface area contributed by atoms with Crippen LogP contribution in [0.3, 0.4) is 0 Å². The molecule has 328 valence electrons. The molecule has 14 aromatic rings. The summed E-state index contributed by atoms with van der Waals surface area (Å²) in [5, 5.41) is 12.8. The first-order valence-electron chi connectivity index (χ1n) is 24.2. The molecule has 0 saturated carbocycles. The maximum Gasteiger partial charge on any atom is 0.179 e. The van der Waals surface area contributed by atoms with Gasteiger partial charge in [0.1, 0.15) is 0 Å². The van der Waals surface area contributed by atoms with E-state index in [1.165, 1.54) is 97.3 Å². The third-order valence-corrected chi connectivity index (χ3v) is 19.5. The Morgan fingerprint density at radius 1 is 0.229 bits per heavy atom. The van der Waals surface area contributed by atoms with Crippen molar-refractivity contribution in [2.45, 2.75) is 0 Å². The van der Waals surface area contributed by atoms with Gasteiger partial charge in [0.2, 0.25) is 0 Å². The minimum atomic E-state index is -2.80. The lowest BCUT2D eigenvalue weighted by atomic mass is 10.00. The van der Waals surface area contributed by atoms with Crippen LogP contribution in [-0.4, -0.2) is 21.8 Å². The van der Waals surface area contributed by atoms with Crippen molar-refractivity contribution in [3.63, 3.8) is 0 Å². The third kappa shape index (κ3) is 6.00. The van der Waals surface area contributed by atoms with Crippen LogP contribution in [0.5, 0.6) is 0 Å². The second-order valence-corrected chi connectivity index (χ2v) is 22.2. The van der Waals surface area contributed by atoms with E-state index in [-0.39, 0.29) is 0 Å². The number of hydrogen-bond donors (Lipinski definition) is 0. The molecule has 0 aliphatic heterocycles. The van der Waals surface area contributed by atoms with Gasteiger partial charge in [0.05, 0.1) is 33.1 Å². The number of aromatic nitrogens is 3. The van der Waals surface area contributed by atoms with E-state index in [4.69, 9.17) is 0 Å².